The Hall–Kier alpha value is -1.83. The van der Waals surface area contributed by atoms with Crippen LogP contribution in [0, 0.1) is 0 Å². The van der Waals surface area contributed by atoms with Gasteiger partial charge in [-0.3, -0.25) is 9.36 Å². The lowest BCUT2D eigenvalue weighted by atomic mass is 10.0. The lowest BCUT2D eigenvalue weighted by Crippen LogP contribution is -2.17. The first-order valence-corrected chi connectivity index (χ1v) is 6.82. The molecule has 0 aliphatic carbocycles. The quantitative estimate of drug-likeness (QED) is 0.810. The topological polar surface area (TPSA) is 22.0 Å². The molecule has 0 saturated heterocycles. The molecule has 0 amide bonds. The van der Waals surface area contributed by atoms with Gasteiger partial charge in [-0.15, -0.1) is 0 Å². The number of rotatable bonds is 3. The van der Waals surface area contributed by atoms with E-state index in [4.69, 9.17) is 0 Å². The molecule has 2 heteroatoms. The van der Waals surface area contributed by atoms with E-state index in [0.29, 0.717) is 11.8 Å². The van der Waals surface area contributed by atoms with E-state index in [0.717, 1.165) is 11.3 Å². The Balaban J connectivity index is 2.39. The highest BCUT2D eigenvalue weighted by Gasteiger charge is 2.05. The number of hydrogen-bond acceptors (Lipinski definition) is 1. The van der Waals surface area contributed by atoms with Crippen molar-refractivity contribution >= 4 is 0 Å². The molecule has 2 aromatic rings. The highest BCUT2D eigenvalue weighted by atomic mass is 16.1. The van der Waals surface area contributed by atoms with Crippen LogP contribution in [0.15, 0.2) is 47.4 Å². The fraction of sp³-hybridized carbons (Fsp3) is 0.353. The fourth-order valence-corrected chi connectivity index (χ4v) is 2.09. The van der Waals surface area contributed by atoms with E-state index in [2.05, 4.69) is 39.8 Å². The molecule has 19 heavy (non-hydrogen) atoms. The summed E-state index contributed by atoms with van der Waals surface area (Å²) in [4.78, 5) is 12.1. The summed E-state index contributed by atoms with van der Waals surface area (Å²) in [6.07, 6.45) is 1.86. The smallest absolute Gasteiger partial charge is 0.255 e. The highest BCUT2D eigenvalue weighted by Crippen LogP contribution is 2.17. The van der Waals surface area contributed by atoms with Gasteiger partial charge in [-0.05, 0) is 41.2 Å². The normalized spacial score (nSPS) is 11.3. The Bertz CT molecular complexity index is 606. The summed E-state index contributed by atoms with van der Waals surface area (Å²) in [6.45, 7) is 8.52. The molecule has 0 saturated carbocycles. The maximum Gasteiger partial charge on any atom is 0.255 e. The van der Waals surface area contributed by atoms with Gasteiger partial charge in [-0.2, -0.15) is 0 Å². The van der Waals surface area contributed by atoms with Crippen molar-refractivity contribution in [2.24, 2.45) is 0 Å². The summed E-state index contributed by atoms with van der Waals surface area (Å²) >= 11 is 0. The molecule has 1 aromatic heterocycles. The summed E-state index contributed by atoms with van der Waals surface area (Å²) in [5, 5.41) is 0. The van der Waals surface area contributed by atoms with Gasteiger partial charge < -0.3 is 0 Å². The summed E-state index contributed by atoms with van der Waals surface area (Å²) in [5.41, 5.74) is 3.32. The van der Waals surface area contributed by atoms with Crippen LogP contribution in [0.3, 0.4) is 0 Å². The summed E-state index contributed by atoms with van der Waals surface area (Å²) < 4.78 is 1.69. The van der Waals surface area contributed by atoms with Crippen LogP contribution in [0.25, 0.3) is 5.69 Å². The lowest BCUT2D eigenvalue weighted by molar-refractivity contribution is 0.845. The molecule has 0 bridgehead atoms. The van der Waals surface area contributed by atoms with E-state index in [9.17, 15) is 4.79 Å². The van der Waals surface area contributed by atoms with Gasteiger partial charge in [-0.25, -0.2) is 0 Å². The summed E-state index contributed by atoms with van der Waals surface area (Å²) in [5.74, 6) is 0.889. The van der Waals surface area contributed by atoms with Crippen molar-refractivity contribution < 1.29 is 0 Å². The largest absolute Gasteiger partial charge is 0.284 e. The van der Waals surface area contributed by atoms with Crippen molar-refractivity contribution in [3.63, 3.8) is 0 Å². The van der Waals surface area contributed by atoms with E-state index in [1.807, 2.05) is 24.4 Å². The van der Waals surface area contributed by atoms with Gasteiger partial charge >= 0.3 is 0 Å². The van der Waals surface area contributed by atoms with Crippen molar-refractivity contribution in [2.45, 2.75) is 39.5 Å². The van der Waals surface area contributed by atoms with Gasteiger partial charge in [0.1, 0.15) is 0 Å². The van der Waals surface area contributed by atoms with Crippen LogP contribution in [0.5, 0.6) is 0 Å². The van der Waals surface area contributed by atoms with Gasteiger partial charge in [0.2, 0.25) is 0 Å². The fourth-order valence-electron chi connectivity index (χ4n) is 2.09. The Morgan fingerprint density at radius 1 is 0.842 bits per heavy atom. The minimum Gasteiger partial charge on any atom is -0.284 e. The molecule has 100 valence electrons. The van der Waals surface area contributed by atoms with Gasteiger partial charge in [0.05, 0.1) is 0 Å². The van der Waals surface area contributed by atoms with E-state index >= 15 is 0 Å². The maximum absolute atomic E-state index is 12.1. The van der Waals surface area contributed by atoms with Gasteiger partial charge in [0.15, 0.2) is 0 Å². The molecule has 0 aliphatic rings. The van der Waals surface area contributed by atoms with Crippen LogP contribution in [0.1, 0.15) is 50.7 Å². The van der Waals surface area contributed by atoms with Gasteiger partial charge in [0, 0.05) is 18.0 Å². The number of pyridine rings is 1. The van der Waals surface area contributed by atoms with Crippen LogP contribution >= 0.6 is 0 Å². The summed E-state index contributed by atoms with van der Waals surface area (Å²) in [7, 11) is 0. The average molecular weight is 255 g/mol. The minimum atomic E-state index is 0.0310. The Morgan fingerprint density at radius 3 is 1.89 bits per heavy atom. The lowest BCUT2D eigenvalue weighted by Gasteiger charge is -2.11. The average Bonchev–Trinajstić information content (AvgIpc) is 2.38. The molecule has 0 radical (unpaired) electrons. The van der Waals surface area contributed by atoms with Crippen molar-refractivity contribution in [2.75, 3.05) is 0 Å². The number of benzene rings is 1. The molecular formula is C17H21NO. The third kappa shape index (κ3) is 2.95. The molecule has 0 spiro atoms. The monoisotopic (exact) mass is 255 g/mol. The first kappa shape index (κ1) is 13.6. The van der Waals surface area contributed by atoms with Crippen molar-refractivity contribution in [3.8, 4) is 5.69 Å². The second-order valence-corrected chi connectivity index (χ2v) is 5.57. The number of aromatic nitrogens is 1. The molecule has 2 rings (SSSR count). The van der Waals surface area contributed by atoms with Crippen LogP contribution < -0.4 is 5.56 Å². The standard InChI is InChI=1S/C17H21NO/c1-12(2)14-5-7-16(8-6-14)18-10-9-15(13(3)4)11-17(18)19/h5-13H,1-4H3. The predicted octanol–water partition coefficient (Wildman–Crippen LogP) is 4.08. The predicted molar refractivity (Wildman–Crippen MR) is 80.2 cm³/mol. The number of hydrogen-bond donors (Lipinski definition) is 0. The Kier molecular flexibility index (Phi) is 3.89. The number of nitrogens with zero attached hydrogens (tertiary/aromatic N) is 1. The molecule has 2 nitrogen and oxygen atoms in total. The Morgan fingerprint density at radius 2 is 1.42 bits per heavy atom. The molecule has 0 atom stereocenters. The Labute approximate surface area is 114 Å². The molecule has 0 fully saturated rings. The zero-order chi connectivity index (χ0) is 14.0. The highest BCUT2D eigenvalue weighted by molar-refractivity contribution is 5.36. The summed E-state index contributed by atoms with van der Waals surface area (Å²) in [6, 6.07) is 11.9. The maximum atomic E-state index is 12.1. The van der Waals surface area contributed by atoms with Crippen LogP contribution in [0.2, 0.25) is 0 Å². The van der Waals surface area contributed by atoms with Crippen molar-refractivity contribution in [3.05, 3.63) is 64.1 Å². The van der Waals surface area contributed by atoms with E-state index in [1.54, 1.807) is 10.6 Å². The zero-order valence-electron chi connectivity index (χ0n) is 12.1. The second-order valence-electron chi connectivity index (χ2n) is 5.57. The molecule has 0 N–H and O–H groups in total. The van der Waals surface area contributed by atoms with E-state index in [1.165, 1.54) is 5.56 Å². The molecule has 1 aromatic carbocycles. The van der Waals surface area contributed by atoms with Gasteiger partial charge in [0.25, 0.3) is 5.56 Å². The first-order chi connectivity index (χ1) is 8.99. The van der Waals surface area contributed by atoms with Crippen molar-refractivity contribution in [1.82, 2.24) is 4.57 Å². The molecule has 0 unspecified atom stereocenters. The molecular weight excluding hydrogens is 234 g/mol. The molecule has 1 heterocycles. The second kappa shape index (κ2) is 5.43. The van der Waals surface area contributed by atoms with Crippen LogP contribution in [0.4, 0.5) is 0 Å². The molecule has 0 aliphatic heterocycles. The zero-order valence-corrected chi connectivity index (χ0v) is 12.1. The van der Waals surface area contributed by atoms with Crippen molar-refractivity contribution in [1.29, 1.82) is 0 Å². The SMILES string of the molecule is CC(C)c1ccc(-n2ccc(C(C)C)cc2=O)cc1. The third-order valence-corrected chi connectivity index (χ3v) is 3.45. The first-order valence-electron chi connectivity index (χ1n) is 6.82. The third-order valence-electron chi connectivity index (χ3n) is 3.45. The van der Waals surface area contributed by atoms with E-state index < -0.39 is 0 Å². The van der Waals surface area contributed by atoms with Crippen LogP contribution in [-0.4, -0.2) is 4.57 Å². The van der Waals surface area contributed by atoms with Crippen LogP contribution in [-0.2, 0) is 0 Å². The minimum absolute atomic E-state index is 0.0310. The van der Waals surface area contributed by atoms with E-state index in [-0.39, 0.29) is 5.56 Å². The van der Waals surface area contributed by atoms with Gasteiger partial charge in [-0.1, -0.05) is 39.8 Å².